The smallest absolute Gasteiger partial charge is 0.351 e. The predicted octanol–water partition coefficient (Wildman–Crippen LogP) is 5.14. The molecule has 3 atom stereocenters. The first kappa shape index (κ1) is 33.6. The van der Waals surface area contributed by atoms with E-state index in [1.165, 1.54) is 16.8 Å². The van der Waals surface area contributed by atoms with Crippen LogP contribution >= 0.6 is 0 Å². The van der Waals surface area contributed by atoms with Crippen LogP contribution in [0.3, 0.4) is 0 Å². The number of hydrogen-bond donors (Lipinski definition) is 2. The number of benzene rings is 4. The fourth-order valence-electron chi connectivity index (χ4n) is 6.05. The van der Waals surface area contributed by atoms with Crippen molar-refractivity contribution in [3.05, 3.63) is 154 Å². The topological polar surface area (TPSA) is 130 Å². The molecule has 0 bridgehead atoms. The molecule has 1 unspecified atom stereocenters. The second kappa shape index (κ2) is 15.3. The Hall–Kier alpha value is -5.33. The van der Waals surface area contributed by atoms with E-state index >= 15 is 0 Å². The standard InChI is InChI=1S/C38H37N3O8/c1-45-30-17-13-28(14-18-30)38(27-11-7-4-8-12-27,29-15-19-31(46-2)20-16-29)48-24-33-32(47-25-42)23-35(49-33)41-22-21-34(40-37(41)44)39-36(43)26-9-5-3-6-10-26/h3-22,32-33,35,42H,23-25H2,1-2H3,(H,39,40,43,44)/t32-,33?,35+/m0/s1. The van der Waals surface area contributed by atoms with Gasteiger partial charge < -0.3 is 34.1 Å². The van der Waals surface area contributed by atoms with Crippen LogP contribution in [0, 0.1) is 0 Å². The van der Waals surface area contributed by atoms with E-state index in [1.54, 1.807) is 38.5 Å². The van der Waals surface area contributed by atoms with Gasteiger partial charge in [0.25, 0.3) is 5.91 Å². The molecular formula is C38H37N3O8. The highest BCUT2D eigenvalue weighted by atomic mass is 16.6. The summed E-state index contributed by atoms with van der Waals surface area (Å²) in [6.07, 6.45) is -0.296. The van der Waals surface area contributed by atoms with Gasteiger partial charge in [0, 0.05) is 18.2 Å². The van der Waals surface area contributed by atoms with Crippen molar-refractivity contribution in [2.45, 2.75) is 30.5 Å². The van der Waals surface area contributed by atoms with Crippen molar-refractivity contribution in [3.8, 4) is 11.5 Å². The van der Waals surface area contributed by atoms with Gasteiger partial charge in [-0.3, -0.25) is 9.36 Å². The highest BCUT2D eigenvalue weighted by Gasteiger charge is 2.43. The summed E-state index contributed by atoms with van der Waals surface area (Å²) in [5.74, 6) is 1.13. The summed E-state index contributed by atoms with van der Waals surface area (Å²) < 4.78 is 31.3. The molecule has 252 valence electrons. The van der Waals surface area contributed by atoms with E-state index in [0.29, 0.717) is 17.1 Å². The third-order valence-electron chi connectivity index (χ3n) is 8.52. The van der Waals surface area contributed by atoms with Crippen molar-refractivity contribution in [1.29, 1.82) is 0 Å². The minimum atomic E-state index is -1.11. The van der Waals surface area contributed by atoms with Crippen LogP contribution in [0.4, 0.5) is 5.82 Å². The molecule has 4 aromatic carbocycles. The van der Waals surface area contributed by atoms with Gasteiger partial charge in [-0.05, 0) is 59.2 Å². The van der Waals surface area contributed by atoms with Crippen molar-refractivity contribution >= 4 is 11.7 Å². The maximum Gasteiger partial charge on any atom is 0.351 e. The number of aromatic nitrogens is 2. The molecule has 1 aromatic heterocycles. The molecule has 1 aliphatic rings. The Kier molecular flexibility index (Phi) is 10.5. The Morgan fingerprint density at radius 1 is 0.857 bits per heavy atom. The van der Waals surface area contributed by atoms with Gasteiger partial charge in [0.15, 0.2) is 0 Å². The number of aliphatic hydroxyl groups excluding tert-OH is 1. The maximum absolute atomic E-state index is 13.2. The Morgan fingerprint density at radius 3 is 1.98 bits per heavy atom. The van der Waals surface area contributed by atoms with Gasteiger partial charge in [-0.2, -0.15) is 4.98 Å². The SMILES string of the molecule is COc1ccc(C(OCC2O[C@@H](n3ccc(NC(=O)c4ccccc4)nc3=O)C[C@@H]2OCO)(c2ccccc2)c2ccc(OC)cc2)cc1. The number of ether oxygens (including phenoxy) is 5. The number of amides is 1. The number of aliphatic hydroxyl groups is 1. The molecule has 1 aliphatic heterocycles. The first-order valence-corrected chi connectivity index (χ1v) is 15.8. The number of nitrogens with one attached hydrogen (secondary N) is 1. The molecule has 1 amide bonds. The van der Waals surface area contributed by atoms with Crippen LogP contribution in [0.5, 0.6) is 11.5 Å². The molecule has 6 rings (SSSR count). The van der Waals surface area contributed by atoms with Gasteiger partial charge in [0.2, 0.25) is 0 Å². The van der Waals surface area contributed by atoms with Gasteiger partial charge in [-0.15, -0.1) is 0 Å². The monoisotopic (exact) mass is 663 g/mol. The molecule has 0 saturated carbocycles. The lowest BCUT2D eigenvalue weighted by atomic mass is 9.80. The second-order valence-electron chi connectivity index (χ2n) is 11.3. The van der Waals surface area contributed by atoms with Crippen molar-refractivity contribution in [1.82, 2.24) is 9.55 Å². The lowest BCUT2D eigenvalue weighted by Crippen LogP contribution is -2.38. The lowest BCUT2D eigenvalue weighted by Gasteiger charge is -2.37. The molecular weight excluding hydrogens is 626 g/mol. The van der Waals surface area contributed by atoms with E-state index < -0.39 is 36.5 Å². The quantitative estimate of drug-likeness (QED) is 0.130. The number of carbonyl (C=O) groups is 1. The molecule has 0 aliphatic carbocycles. The van der Waals surface area contributed by atoms with Gasteiger partial charge >= 0.3 is 5.69 Å². The zero-order valence-corrected chi connectivity index (χ0v) is 27.1. The van der Waals surface area contributed by atoms with Gasteiger partial charge in [-0.25, -0.2) is 4.79 Å². The minimum absolute atomic E-state index is 0.0293. The minimum Gasteiger partial charge on any atom is -0.497 e. The van der Waals surface area contributed by atoms with Gasteiger partial charge in [0.1, 0.15) is 42.0 Å². The van der Waals surface area contributed by atoms with E-state index in [1.807, 2.05) is 84.9 Å². The summed E-state index contributed by atoms with van der Waals surface area (Å²) in [5.41, 5.74) is 1.26. The summed E-state index contributed by atoms with van der Waals surface area (Å²) in [7, 11) is 3.23. The third-order valence-corrected chi connectivity index (χ3v) is 8.52. The molecule has 49 heavy (non-hydrogen) atoms. The summed E-state index contributed by atoms with van der Waals surface area (Å²) in [4.78, 5) is 29.8. The lowest BCUT2D eigenvalue weighted by molar-refractivity contribution is -0.123. The predicted molar refractivity (Wildman–Crippen MR) is 182 cm³/mol. The summed E-state index contributed by atoms with van der Waals surface area (Å²) >= 11 is 0. The molecule has 2 heterocycles. The van der Waals surface area contributed by atoms with E-state index in [4.69, 9.17) is 23.7 Å². The van der Waals surface area contributed by atoms with E-state index in [9.17, 15) is 14.7 Å². The van der Waals surface area contributed by atoms with Crippen LogP contribution in [0.25, 0.3) is 0 Å². The van der Waals surface area contributed by atoms with E-state index in [2.05, 4.69) is 10.3 Å². The largest absolute Gasteiger partial charge is 0.497 e. The highest BCUT2D eigenvalue weighted by Crippen LogP contribution is 2.43. The second-order valence-corrected chi connectivity index (χ2v) is 11.3. The number of anilines is 1. The van der Waals surface area contributed by atoms with Gasteiger partial charge in [0.05, 0.1) is 26.9 Å². The van der Waals surface area contributed by atoms with Crippen LogP contribution in [0.2, 0.25) is 0 Å². The fraction of sp³-hybridized carbons (Fsp3) is 0.237. The summed E-state index contributed by atoms with van der Waals surface area (Å²) in [6.45, 7) is -0.517. The fourth-order valence-corrected chi connectivity index (χ4v) is 6.05. The first-order valence-electron chi connectivity index (χ1n) is 15.8. The molecule has 11 nitrogen and oxygen atoms in total. The average molecular weight is 664 g/mol. The highest BCUT2D eigenvalue weighted by molar-refractivity contribution is 6.03. The molecule has 0 radical (unpaired) electrons. The first-order chi connectivity index (χ1) is 23.9. The molecule has 5 aromatic rings. The normalized spacial score (nSPS) is 17.4. The van der Waals surface area contributed by atoms with Crippen molar-refractivity contribution in [2.24, 2.45) is 0 Å². The molecule has 11 heteroatoms. The maximum atomic E-state index is 13.2. The number of nitrogens with zero attached hydrogens (tertiary/aromatic N) is 2. The number of carbonyl (C=O) groups excluding carboxylic acids is 1. The van der Waals surface area contributed by atoms with Crippen molar-refractivity contribution in [3.63, 3.8) is 0 Å². The van der Waals surface area contributed by atoms with Crippen molar-refractivity contribution < 1.29 is 33.6 Å². The number of hydrogen-bond acceptors (Lipinski definition) is 9. The van der Waals surface area contributed by atoms with Crippen LogP contribution in [-0.2, 0) is 19.8 Å². The van der Waals surface area contributed by atoms with Crippen LogP contribution in [0.15, 0.2) is 126 Å². The number of rotatable bonds is 13. The molecule has 1 fully saturated rings. The van der Waals surface area contributed by atoms with Gasteiger partial charge in [-0.1, -0.05) is 72.8 Å². The molecule has 0 spiro atoms. The Bertz CT molecular complexity index is 1840. The zero-order chi connectivity index (χ0) is 34.2. The van der Waals surface area contributed by atoms with Crippen LogP contribution in [0.1, 0.15) is 39.7 Å². The Labute approximate surface area is 283 Å². The van der Waals surface area contributed by atoms with Crippen LogP contribution in [-0.4, -0.2) is 60.4 Å². The molecule has 2 N–H and O–H groups in total. The van der Waals surface area contributed by atoms with Crippen LogP contribution < -0.4 is 20.5 Å². The Balaban J connectivity index is 1.30. The van der Waals surface area contributed by atoms with E-state index in [0.717, 1.165) is 16.7 Å². The summed E-state index contributed by atoms with van der Waals surface area (Å²) in [5, 5.41) is 12.4. The zero-order valence-electron chi connectivity index (χ0n) is 27.1. The average Bonchev–Trinajstić information content (AvgIpc) is 3.55. The third kappa shape index (κ3) is 7.25. The molecule has 1 saturated heterocycles. The van der Waals surface area contributed by atoms with E-state index in [-0.39, 0.29) is 24.8 Å². The van der Waals surface area contributed by atoms with Crippen molar-refractivity contribution in [2.75, 3.05) is 32.9 Å². The Morgan fingerprint density at radius 2 is 1.43 bits per heavy atom. The summed E-state index contributed by atoms with van der Waals surface area (Å²) in [6, 6.07) is 35.4. The number of methoxy groups -OCH3 is 2.